The predicted molar refractivity (Wildman–Crippen MR) is 96.7 cm³/mol. The number of hydrogen-bond acceptors (Lipinski definition) is 5. The summed E-state index contributed by atoms with van der Waals surface area (Å²) in [5.41, 5.74) is 4.79. The average Bonchev–Trinajstić information content (AvgIpc) is 3.05. The van der Waals surface area contributed by atoms with Crippen molar-refractivity contribution < 1.29 is 4.79 Å². The highest BCUT2D eigenvalue weighted by molar-refractivity contribution is 7.14. The minimum Gasteiger partial charge on any atom is -0.347 e. The van der Waals surface area contributed by atoms with Gasteiger partial charge in [0.2, 0.25) is 0 Å². The smallest absolute Gasteiger partial charge is 0.271 e. The third-order valence-electron chi connectivity index (χ3n) is 3.67. The monoisotopic (exact) mass is 338 g/mol. The first-order valence-corrected chi connectivity index (χ1v) is 8.47. The molecular formula is C18H18N4OS. The number of benzene rings is 1. The summed E-state index contributed by atoms with van der Waals surface area (Å²) in [5, 5.41) is 8.54. The Kier molecular flexibility index (Phi) is 4.86. The van der Waals surface area contributed by atoms with Crippen LogP contribution in [0.15, 0.2) is 48.1 Å². The Balaban J connectivity index is 1.62. The number of anilines is 2. The first-order chi connectivity index (χ1) is 11.6. The zero-order valence-electron chi connectivity index (χ0n) is 13.5. The van der Waals surface area contributed by atoms with Gasteiger partial charge in [-0.1, -0.05) is 12.1 Å². The molecule has 122 valence electrons. The summed E-state index contributed by atoms with van der Waals surface area (Å²) < 4.78 is 0. The number of amides is 1. The van der Waals surface area contributed by atoms with Gasteiger partial charge in [0.15, 0.2) is 5.13 Å². The molecule has 24 heavy (non-hydrogen) atoms. The van der Waals surface area contributed by atoms with Gasteiger partial charge >= 0.3 is 0 Å². The lowest BCUT2D eigenvalue weighted by Gasteiger charge is -2.06. The maximum Gasteiger partial charge on any atom is 0.271 e. The van der Waals surface area contributed by atoms with Crippen LogP contribution in [0.5, 0.6) is 0 Å². The molecule has 3 aromatic rings. The summed E-state index contributed by atoms with van der Waals surface area (Å²) in [5.74, 6) is -0.191. The number of carbonyl (C=O) groups is 1. The van der Waals surface area contributed by atoms with E-state index in [4.69, 9.17) is 0 Å². The molecule has 0 unspecified atom stereocenters. The molecule has 2 heterocycles. The molecule has 2 aromatic heterocycles. The molecule has 0 atom stereocenters. The lowest BCUT2D eigenvalue weighted by molar-refractivity contribution is 0.0946. The standard InChI is InChI=1S/C18H18N4OS/c1-12-5-6-15(8-13(12)2)21-18-22-16(11-24-18)17(23)20-10-14-4-3-7-19-9-14/h3-9,11H,10H2,1-2H3,(H,20,23)(H,21,22). The van der Waals surface area contributed by atoms with E-state index in [0.29, 0.717) is 17.4 Å². The van der Waals surface area contributed by atoms with Gasteiger partial charge in [0.25, 0.3) is 5.91 Å². The summed E-state index contributed by atoms with van der Waals surface area (Å²) in [7, 11) is 0. The van der Waals surface area contributed by atoms with Crippen molar-refractivity contribution in [2.45, 2.75) is 20.4 Å². The van der Waals surface area contributed by atoms with E-state index in [2.05, 4.69) is 46.6 Å². The van der Waals surface area contributed by atoms with Gasteiger partial charge in [0, 0.05) is 30.0 Å². The Morgan fingerprint density at radius 2 is 2.08 bits per heavy atom. The number of hydrogen-bond donors (Lipinski definition) is 2. The zero-order chi connectivity index (χ0) is 16.9. The molecule has 0 spiro atoms. The Morgan fingerprint density at radius 3 is 2.83 bits per heavy atom. The van der Waals surface area contributed by atoms with E-state index in [1.807, 2.05) is 18.2 Å². The van der Waals surface area contributed by atoms with Crippen LogP contribution in [0.25, 0.3) is 0 Å². The van der Waals surface area contributed by atoms with Gasteiger partial charge in [0.05, 0.1) is 0 Å². The van der Waals surface area contributed by atoms with Crippen LogP contribution in [0.1, 0.15) is 27.2 Å². The molecule has 2 N–H and O–H groups in total. The SMILES string of the molecule is Cc1ccc(Nc2nc(C(=O)NCc3cccnc3)cs2)cc1C. The van der Waals surface area contributed by atoms with Crippen LogP contribution >= 0.6 is 11.3 Å². The third-order valence-corrected chi connectivity index (χ3v) is 4.43. The highest BCUT2D eigenvalue weighted by Crippen LogP contribution is 2.22. The molecule has 0 aliphatic heterocycles. The van der Waals surface area contributed by atoms with E-state index in [1.54, 1.807) is 17.8 Å². The van der Waals surface area contributed by atoms with Crippen LogP contribution in [0.4, 0.5) is 10.8 Å². The van der Waals surface area contributed by atoms with Gasteiger partial charge < -0.3 is 10.6 Å². The highest BCUT2D eigenvalue weighted by atomic mass is 32.1. The van der Waals surface area contributed by atoms with Gasteiger partial charge in [0.1, 0.15) is 5.69 Å². The number of aromatic nitrogens is 2. The van der Waals surface area contributed by atoms with Gasteiger partial charge in [-0.2, -0.15) is 0 Å². The summed E-state index contributed by atoms with van der Waals surface area (Å²) in [6, 6.07) is 9.90. The number of pyridine rings is 1. The van der Waals surface area contributed by atoms with Crippen molar-refractivity contribution in [2.75, 3.05) is 5.32 Å². The van der Waals surface area contributed by atoms with Crippen LogP contribution in [-0.4, -0.2) is 15.9 Å². The number of carbonyl (C=O) groups excluding carboxylic acids is 1. The van der Waals surface area contributed by atoms with Crippen molar-refractivity contribution in [1.29, 1.82) is 0 Å². The maximum absolute atomic E-state index is 12.2. The van der Waals surface area contributed by atoms with Gasteiger partial charge in [-0.05, 0) is 48.7 Å². The van der Waals surface area contributed by atoms with Gasteiger partial charge in [-0.3, -0.25) is 9.78 Å². The quantitative estimate of drug-likeness (QED) is 0.742. The van der Waals surface area contributed by atoms with Crippen LogP contribution in [0, 0.1) is 13.8 Å². The fourth-order valence-corrected chi connectivity index (χ4v) is 2.86. The van der Waals surface area contributed by atoms with Crippen molar-refractivity contribution in [3.05, 3.63) is 70.5 Å². The number of thiazole rings is 1. The lowest BCUT2D eigenvalue weighted by atomic mass is 10.1. The second-order valence-corrected chi connectivity index (χ2v) is 6.36. The molecule has 5 nitrogen and oxygen atoms in total. The molecule has 0 aliphatic carbocycles. The van der Waals surface area contributed by atoms with Crippen molar-refractivity contribution >= 4 is 28.1 Å². The third kappa shape index (κ3) is 3.97. The molecule has 6 heteroatoms. The predicted octanol–water partition coefficient (Wildman–Crippen LogP) is 3.83. The van der Waals surface area contributed by atoms with Crippen molar-refractivity contribution in [3.8, 4) is 0 Å². The molecule has 1 amide bonds. The first kappa shape index (κ1) is 16.1. The second kappa shape index (κ2) is 7.23. The summed E-state index contributed by atoms with van der Waals surface area (Å²) in [4.78, 5) is 20.5. The minimum absolute atomic E-state index is 0.191. The van der Waals surface area contributed by atoms with Crippen molar-refractivity contribution in [2.24, 2.45) is 0 Å². The number of rotatable bonds is 5. The fraction of sp³-hybridized carbons (Fsp3) is 0.167. The maximum atomic E-state index is 12.2. The zero-order valence-corrected chi connectivity index (χ0v) is 14.4. The second-order valence-electron chi connectivity index (χ2n) is 5.51. The average molecular weight is 338 g/mol. The lowest BCUT2D eigenvalue weighted by Crippen LogP contribution is -2.23. The Hall–Kier alpha value is -2.73. The Labute approximate surface area is 144 Å². The molecule has 0 aliphatic rings. The number of aryl methyl sites for hydroxylation is 2. The molecule has 0 saturated heterocycles. The summed E-state index contributed by atoms with van der Waals surface area (Å²) >= 11 is 1.41. The van der Waals surface area contributed by atoms with Gasteiger partial charge in [-0.15, -0.1) is 11.3 Å². The molecule has 3 rings (SSSR count). The van der Waals surface area contributed by atoms with E-state index in [0.717, 1.165) is 11.3 Å². The van der Waals surface area contributed by atoms with Crippen LogP contribution in [0.2, 0.25) is 0 Å². The van der Waals surface area contributed by atoms with Gasteiger partial charge in [-0.25, -0.2) is 4.98 Å². The van der Waals surface area contributed by atoms with E-state index in [9.17, 15) is 4.79 Å². The van der Waals surface area contributed by atoms with Crippen molar-refractivity contribution in [3.63, 3.8) is 0 Å². The fourth-order valence-electron chi connectivity index (χ4n) is 2.15. The molecule has 0 saturated carbocycles. The highest BCUT2D eigenvalue weighted by Gasteiger charge is 2.11. The molecule has 1 aromatic carbocycles. The van der Waals surface area contributed by atoms with E-state index in [-0.39, 0.29) is 5.91 Å². The van der Waals surface area contributed by atoms with E-state index >= 15 is 0 Å². The molecule has 0 bridgehead atoms. The van der Waals surface area contributed by atoms with Crippen LogP contribution in [0.3, 0.4) is 0 Å². The summed E-state index contributed by atoms with van der Waals surface area (Å²) in [6.45, 7) is 4.58. The topological polar surface area (TPSA) is 66.9 Å². The van der Waals surface area contributed by atoms with E-state index in [1.165, 1.54) is 22.5 Å². The Bertz CT molecular complexity index is 845. The minimum atomic E-state index is -0.191. The molecular weight excluding hydrogens is 320 g/mol. The van der Waals surface area contributed by atoms with Crippen LogP contribution < -0.4 is 10.6 Å². The molecule has 0 fully saturated rings. The van der Waals surface area contributed by atoms with E-state index < -0.39 is 0 Å². The van der Waals surface area contributed by atoms with Crippen LogP contribution in [-0.2, 0) is 6.54 Å². The van der Waals surface area contributed by atoms with Crippen molar-refractivity contribution in [1.82, 2.24) is 15.3 Å². The number of nitrogens with zero attached hydrogens (tertiary/aromatic N) is 2. The normalized spacial score (nSPS) is 10.4. The largest absolute Gasteiger partial charge is 0.347 e. The number of nitrogens with one attached hydrogen (secondary N) is 2. The molecule has 0 radical (unpaired) electrons. The first-order valence-electron chi connectivity index (χ1n) is 7.59. The Morgan fingerprint density at radius 1 is 1.21 bits per heavy atom. The summed E-state index contributed by atoms with van der Waals surface area (Å²) in [6.07, 6.45) is 3.44.